The van der Waals surface area contributed by atoms with Gasteiger partial charge in [-0.3, -0.25) is 9.59 Å². The average molecular weight is 301 g/mol. The van der Waals surface area contributed by atoms with Gasteiger partial charge in [-0.25, -0.2) is 4.39 Å². The van der Waals surface area contributed by atoms with Gasteiger partial charge in [0.25, 0.3) is 0 Å². The molecule has 1 aromatic carbocycles. The van der Waals surface area contributed by atoms with Crippen LogP contribution in [0.15, 0.2) is 30.3 Å². The molecule has 0 aliphatic carbocycles. The molecule has 1 atom stereocenters. The van der Waals surface area contributed by atoms with Gasteiger partial charge in [0, 0.05) is 10.4 Å². The highest BCUT2D eigenvalue weighted by atomic mass is 32.1. The topological polar surface area (TPSA) is 57.9 Å². The van der Waals surface area contributed by atoms with E-state index in [1.165, 1.54) is 23.5 Å². The van der Waals surface area contributed by atoms with Crippen molar-refractivity contribution in [3.8, 4) is 6.07 Å². The van der Waals surface area contributed by atoms with Crippen molar-refractivity contribution in [2.45, 2.75) is 13.8 Å². The van der Waals surface area contributed by atoms with Crippen molar-refractivity contribution in [2.75, 3.05) is 0 Å². The molecule has 0 aliphatic rings. The van der Waals surface area contributed by atoms with E-state index in [0.717, 1.165) is 10.9 Å². The summed E-state index contributed by atoms with van der Waals surface area (Å²) in [6.45, 7) is 3.41. The van der Waals surface area contributed by atoms with Crippen molar-refractivity contribution in [3.63, 3.8) is 0 Å². The molecular formula is C16H12FNO2S. The summed E-state index contributed by atoms with van der Waals surface area (Å²) < 4.78 is 13.5. The van der Waals surface area contributed by atoms with Crippen molar-refractivity contribution >= 4 is 22.9 Å². The first kappa shape index (κ1) is 15.1. The molecule has 1 aromatic heterocycles. The van der Waals surface area contributed by atoms with Gasteiger partial charge in [0.2, 0.25) is 0 Å². The van der Waals surface area contributed by atoms with Crippen molar-refractivity contribution in [1.29, 1.82) is 5.26 Å². The van der Waals surface area contributed by atoms with Crippen LogP contribution in [0.25, 0.3) is 0 Å². The highest BCUT2D eigenvalue weighted by molar-refractivity contribution is 7.14. The second-order valence-corrected chi connectivity index (χ2v) is 5.95. The predicted octanol–water partition coefficient (Wildman–Crippen LogP) is 3.71. The smallest absolute Gasteiger partial charge is 0.197 e. The Morgan fingerprint density at radius 1 is 1.19 bits per heavy atom. The van der Waals surface area contributed by atoms with Crippen LogP contribution in [0.1, 0.15) is 30.5 Å². The Balaban J connectivity index is 2.33. The van der Waals surface area contributed by atoms with Gasteiger partial charge < -0.3 is 0 Å². The lowest BCUT2D eigenvalue weighted by Crippen LogP contribution is -2.22. The van der Waals surface area contributed by atoms with E-state index in [0.29, 0.717) is 10.4 Å². The minimum Gasteiger partial charge on any atom is -0.292 e. The largest absolute Gasteiger partial charge is 0.292 e. The Kier molecular flexibility index (Phi) is 4.29. The maximum absolute atomic E-state index is 13.5. The van der Waals surface area contributed by atoms with Crippen LogP contribution in [-0.4, -0.2) is 11.6 Å². The molecule has 0 spiro atoms. The molecule has 0 N–H and O–H groups in total. The van der Waals surface area contributed by atoms with E-state index < -0.39 is 23.3 Å². The Morgan fingerprint density at radius 3 is 2.43 bits per heavy atom. The van der Waals surface area contributed by atoms with E-state index in [4.69, 9.17) is 5.26 Å². The molecule has 2 rings (SSSR count). The Hall–Kier alpha value is -2.32. The summed E-state index contributed by atoms with van der Waals surface area (Å²) in [4.78, 5) is 25.8. The number of hydrogen-bond acceptors (Lipinski definition) is 4. The Morgan fingerprint density at radius 2 is 1.90 bits per heavy atom. The van der Waals surface area contributed by atoms with Gasteiger partial charge >= 0.3 is 0 Å². The first-order valence-corrected chi connectivity index (χ1v) is 7.06. The standard InChI is InChI=1S/C16H12FNO2S/c1-9-3-5-11(7-13(9)17)15(19)12(8-18)16(20)14-6-4-10(2)21-14/h3-7,12H,1-2H3. The molecule has 0 saturated heterocycles. The van der Waals surface area contributed by atoms with Gasteiger partial charge in [-0.05, 0) is 37.6 Å². The molecule has 21 heavy (non-hydrogen) atoms. The number of thiophene rings is 1. The maximum atomic E-state index is 13.5. The molecule has 3 nitrogen and oxygen atoms in total. The summed E-state index contributed by atoms with van der Waals surface area (Å²) in [5.41, 5.74) is 0.437. The fourth-order valence-corrected chi connectivity index (χ4v) is 2.70. The third-order valence-corrected chi connectivity index (χ3v) is 4.11. The van der Waals surface area contributed by atoms with Crippen molar-refractivity contribution in [1.82, 2.24) is 0 Å². The van der Waals surface area contributed by atoms with Gasteiger partial charge in [-0.15, -0.1) is 11.3 Å². The second-order valence-electron chi connectivity index (χ2n) is 4.66. The minimum atomic E-state index is -1.44. The monoisotopic (exact) mass is 301 g/mol. The van der Waals surface area contributed by atoms with Gasteiger partial charge in [-0.1, -0.05) is 12.1 Å². The summed E-state index contributed by atoms with van der Waals surface area (Å²) in [6, 6.07) is 9.02. The zero-order chi connectivity index (χ0) is 15.6. The van der Waals surface area contributed by atoms with Crippen LogP contribution in [0.3, 0.4) is 0 Å². The molecule has 1 heterocycles. The fourth-order valence-electron chi connectivity index (χ4n) is 1.86. The number of Topliss-reactive ketones (excluding diaryl/α,β-unsaturated/α-hetero) is 2. The number of benzene rings is 1. The molecule has 0 saturated carbocycles. The zero-order valence-corrected chi connectivity index (χ0v) is 12.3. The lowest BCUT2D eigenvalue weighted by atomic mass is 9.93. The predicted molar refractivity (Wildman–Crippen MR) is 78.0 cm³/mol. The van der Waals surface area contributed by atoms with Crippen LogP contribution in [0.4, 0.5) is 4.39 Å². The first-order chi connectivity index (χ1) is 9.93. The third kappa shape index (κ3) is 3.06. The van der Waals surface area contributed by atoms with Gasteiger partial charge in [-0.2, -0.15) is 5.26 Å². The molecule has 0 aliphatic heterocycles. The quantitative estimate of drug-likeness (QED) is 0.639. The number of halogens is 1. The van der Waals surface area contributed by atoms with Crippen LogP contribution in [-0.2, 0) is 0 Å². The van der Waals surface area contributed by atoms with Crippen molar-refractivity contribution in [2.24, 2.45) is 5.92 Å². The molecule has 106 valence electrons. The molecule has 5 heteroatoms. The highest BCUT2D eigenvalue weighted by Gasteiger charge is 2.29. The SMILES string of the molecule is Cc1ccc(C(=O)C(C#N)C(=O)c2ccc(C)c(F)c2)s1. The molecule has 1 unspecified atom stereocenters. The van der Waals surface area contributed by atoms with E-state index in [2.05, 4.69) is 0 Å². The number of ketones is 2. The number of carbonyl (C=O) groups excluding carboxylic acids is 2. The van der Waals surface area contributed by atoms with Crippen LogP contribution in [0, 0.1) is 36.9 Å². The normalized spacial score (nSPS) is 11.7. The van der Waals surface area contributed by atoms with Crippen LogP contribution in [0.2, 0.25) is 0 Å². The summed E-state index contributed by atoms with van der Waals surface area (Å²) in [7, 11) is 0. The lowest BCUT2D eigenvalue weighted by Gasteiger charge is -2.07. The Labute approximate surface area is 125 Å². The van der Waals surface area contributed by atoms with Gasteiger partial charge in [0.15, 0.2) is 17.5 Å². The number of carbonyl (C=O) groups is 2. The average Bonchev–Trinajstić information content (AvgIpc) is 2.89. The van der Waals surface area contributed by atoms with Crippen LogP contribution in [0.5, 0.6) is 0 Å². The molecule has 0 amide bonds. The third-order valence-electron chi connectivity index (χ3n) is 3.09. The summed E-state index contributed by atoms with van der Waals surface area (Å²) >= 11 is 1.23. The van der Waals surface area contributed by atoms with Crippen molar-refractivity contribution in [3.05, 3.63) is 57.0 Å². The fraction of sp³-hybridized carbons (Fsp3) is 0.188. The summed E-state index contributed by atoms with van der Waals surface area (Å²) in [5.74, 6) is -3.18. The zero-order valence-electron chi connectivity index (χ0n) is 11.5. The van der Waals surface area contributed by atoms with Crippen LogP contribution >= 0.6 is 11.3 Å². The van der Waals surface area contributed by atoms with E-state index in [1.807, 2.05) is 6.92 Å². The summed E-state index contributed by atoms with van der Waals surface area (Å²) in [6.07, 6.45) is 0. The number of rotatable bonds is 4. The van der Waals surface area contributed by atoms with E-state index in [-0.39, 0.29) is 5.56 Å². The van der Waals surface area contributed by atoms with E-state index >= 15 is 0 Å². The molecule has 0 bridgehead atoms. The molecule has 2 aromatic rings. The highest BCUT2D eigenvalue weighted by Crippen LogP contribution is 2.22. The number of nitriles is 1. The second kappa shape index (κ2) is 5.98. The number of nitrogens with zero attached hydrogens (tertiary/aromatic N) is 1. The number of aryl methyl sites for hydroxylation is 2. The summed E-state index contributed by atoms with van der Waals surface area (Å²) in [5, 5.41) is 9.14. The van der Waals surface area contributed by atoms with Crippen molar-refractivity contribution < 1.29 is 14.0 Å². The van der Waals surface area contributed by atoms with Gasteiger partial charge in [0.1, 0.15) is 5.82 Å². The van der Waals surface area contributed by atoms with E-state index in [1.54, 1.807) is 25.1 Å². The maximum Gasteiger partial charge on any atom is 0.197 e. The number of hydrogen-bond donors (Lipinski definition) is 0. The molecular weight excluding hydrogens is 289 g/mol. The van der Waals surface area contributed by atoms with Gasteiger partial charge in [0.05, 0.1) is 10.9 Å². The Bertz CT molecular complexity index is 758. The first-order valence-electron chi connectivity index (χ1n) is 6.24. The molecule has 0 radical (unpaired) electrons. The lowest BCUT2D eigenvalue weighted by molar-refractivity contribution is 0.0848. The molecule has 0 fully saturated rings. The van der Waals surface area contributed by atoms with E-state index in [9.17, 15) is 14.0 Å². The minimum absolute atomic E-state index is 0.0336. The van der Waals surface area contributed by atoms with Crippen LogP contribution < -0.4 is 0 Å².